The minimum atomic E-state index is -1.06. The summed E-state index contributed by atoms with van der Waals surface area (Å²) in [6.07, 6.45) is 3.69. The second-order valence-corrected chi connectivity index (χ2v) is 7.28. The van der Waals surface area contributed by atoms with Crippen molar-refractivity contribution >= 4 is 22.8 Å². The zero-order valence-electron chi connectivity index (χ0n) is 15.9. The molecule has 7 heteroatoms. The normalized spacial score (nSPS) is 22.6. The number of fused-ring (bicyclic) bond motifs is 1. The number of nitrogens with zero attached hydrogens (tertiary/aromatic N) is 1. The zero-order chi connectivity index (χ0) is 18.3. The Labute approximate surface area is 180 Å². The number of aliphatic carboxylic acids is 1. The van der Waals surface area contributed by atoms with E-state index in [9.17, 15) is 14.7 Å². The number of nitrogens with one attached hydrogen (secondary N) is 1. The number of carboxylic acid groups (broad SMARTS) is 1. The molecule has 0 spiro atoms. The molecule has 6 nitrogen and oxygen atoms in total. The molecule has 2 aliphatic rings. The third kappa shape index (κ3) is 4.09. The number of benzene rings is 1. The predicted molar refractivity (Wildman–Crippen MR) is 94.3 cm³/mol. The first-order chi connectivity index (χ1) is 12.6. The Balaban J connectivity index is 0.00000210. The fourth-order valence-corrected chi connectivity index (χ4v) is 4.18. The van der Waals surface area contributed by atoms with Gasteiger partial charge in [-0.1, -0.05) is 18.2 Å². The topological polar surface area (TPSA) is 85.6 Å². The van der Waals surface area contributed by atoms with Crippen LogP contribution in [0, 0.1) is 6.92 Å². The van der Waals surface area contributed by atoms with Gasteiger partial charge in [0.25, 0.3) is 0 Å². The third-order valence-electron chi connectivity index (χ3n) is 5.55. The summed E-state index contributed by atoms with van der Waals surface area (Å²) >= 11 is 0. The van der Waals surface area contributed by atoms with Crippen molar-refractivity contribution < 1.29 is 48.7 Å². The molecule has 27 heavy (non-hydrogen) atoms. The van der Waals surface area contributed by atoms with Gasteiger partial charge in [0, 0.05) is 23.5 Å². The maximum atomic E-state index is 12.6. The van der Waals surface area contributed by atoms with Gasteiger partial charge < -0.3 is 19.6 Å². The molecule has 1 saturated heterocycles. The van der Waals surface area contributed by atoms with Crippen LogP contribution in [0.1, 0.15) is 37.0 Å². The number of carboxylic acids is 1. The molecule has 2 unspecified atom stereocenters. The van der Waals surface area contributed by atoms with Crippen molar-refractivity contribution in [1.29, 1.82) is 0 Å². The number of hydrogen-bond acceptors (Lipinski definition) is 5. The smallest absolute Gasteiger partial charge is 0.548 e. The van der Waals surface area contributed by atoms with Crippen LogP contribution in [0.4, 0.5) is 0 Å². The van der Waals surface area contributed by atoms with Crippen LogP contribution >= 0.6 is 0 Å². The van der Waals surface area contributed by atoms with Gasteiger partial charge >= 0.3 is 29.6 Å². The third-order valence-corrected chi connectivity index (χ3v) is 5.55. The monoisotopic (exact) mass is 378 g/mol. The maximum Gasteiger partial charge on any atom is 1.00 e. The van der Waals surface area contributed by atoms with Gasteiger partial charge in [0.2, 0.25) is 5.91 Å². The Bertz CT molecular complexity index is 846. The first-order valence-electron chi connectivity index (χ1n) is 9.29. The molecular weight excluding hydrogens is 355 g/mol. The molecule has 2 aromatic rings. The fraction of sp³-hybridized carbons (Fsp3) is 0.500. The summed E-state index contributed by atoms with van der Waals surface area (Å²) in [7, 11) is 0. The molecule has 1 aliphatic carbocycles. The van der Waals surface area contributed by atoms with Crippen molar-refractivity contribution in [2.45, 2.75) is 57.2 Å². The van der Waals surface area contributed by atoms with E-state index in [2.05, 4.69) is 5.32 Å². The van der Waals surface area contributed by atoms with Gasteiger partial charge in [-0.15, -0.1) is 0 Å². The van der Waals surface area contributed by atoms with E-state index in [1.54, 1.807) is 0 Å². The molecule has 2 heterocycles. The first kappa shape index (κ1) is 20.4. The number of likely N-dealkylation sites (tertiary alicyclic amines) is 1. The van der Waals surface area contributed by atoms with E-state index in [-0.39, 0.29) is 47.5 Å². The van der Waals surface area contributed by atoms with Crippen LogP contribution in [-0.2, 0) is 16.0 Å². The molecule has 2 atom stereocenters. The Morgan fingerprint density at radius 2 is 1.89 bits per heavy atom. The van der Waals surface area contributed by atoms with Crippen LogP contribution in [0.15, 0.2) is 28.7 Å². The minimum Gasteiger partial charge on any atom is -0.548 e. The van der Waals surface area contributed by atoms with E-state index in [4.69, 9.17) is 4.42 Å². The number of carbonyl (C=O) groups is 2. The number of aryl methyl sites for hydroxylation is 1. The summed E-state index contributed by atoms with van der Waals surface area (Å²) in [5.41, 5.74) is 1.97. The zero-order valence-corrected chi connectivity index (χ0v) is 17.9. The standard InChI is InChI=1S/C20H24N2O4.Na/c1-12-14(15-4-2-3-5-18(15)26-12)10-11-21-19(23)16-8-9-17(20(24)25)22(16)13-6-7-13;/h2-5,13,16-17H,6-11H2,1H3,(H,21,23)(H,24,25);/q;+1/p-1. The number of carbonyl (C=O) groups excluding carboxylic acids is 2. The Kier molecular flexibility index (Phi) is 6.31. The van der Waals surface area contributed by atoms with Crippen LogP contribution in [0.25, 0.3) is 11.0 Å². The summed E-state index contributed by atoms with van der Waals surface area (Å²) in [5.74, 6) is -0.267. The summed E-state index contributed by atoms with van der Waals surface area (Å²) in [5, 5.41) is 15.4. The number of amides is 1. The molecule has 1 saturated carbocycles. The number of hydrogen-bond donors (Lipinski definition) is 1. The minimum absolute atomic E-state index is 0. The van der Waals surface area contributed by atoms with Gasteiger partial charge in [-0.2, -0.15) is 0 Å². The number of furan rings is 1. The second kappa shape index (κ2) is 8.35. The molecule has 0 bridgehead atoms. The molecule has 0 radical (unpaired) electrons. The molecular formula is C20H23N2NaO4. The van der Waals surface area contributed by atoms with Crippen LogP contribution in [0.3, 0.4) is 0 Å². The van der Waals surface area contributed by atoms with Crippen molar-refractivity contribution in [3.8, 4) is 0 Å². The van der Waals surface area contributed by atoms with Crippen LogP contribution in [-0.4, -0.2) is 41.4 Å². The van der Waals surface area contributed by atoms with Crippen LogP contribution < -0.4 is 40.0 Å². The number of para-hydroxylation sites is 1. The molecule has 1 amide bonds. The van der Waals surface area contributed by atoms with E-state index in [1.807, 2.05) is 36.1 Å². The van der Waals surface area contributed by atoms with Crippen molar-refractivity contribution in [3.05, 3.63) is 35.6 Å². The van der Waals surface area contributed by atoms with Gasteiger partial charge in [0.15, 0.2) is 0 Å². The summed E-state index contributed by atoms with van der Waals surface area (Å²) in [6, 6.07) is 7.13. The summed E-state index contributed by atoms with van der Waals surface area (Å²) < 4.78 is 5.76. The summed E-state index contributed by atoms with van der Waals surface area (Å²) in [6.45, 7) is 2.45. The van der Waals surface area contributed by atoms with Gasteiger partial charge in [-0.25, -0.2) is 0 Å². The van der Waals surface area contributed by atoms with E-state index in [0.717, 1.165) is 35.1 Å². The Morgan fingerprint density at radius 1 is 1.19 bits per heavy atom. The van der Waals surface area contributed by atoms with Gasteiger partial charge in [0.1, 0.15) is 11.3 Å². The Morgan fingerprint density at radius 3 is 2.59 bits per heavy atom. The van der Waals surface area contributed by atoms with Crippen molar-refractivity contribution in [3.63, 3.8) is 0 Å². The fourth-order valence-electron chi connectivity index (χ4n) is 4.18. The van der Waals surface area contributed by atoms with Crippen molar-refractivity contribution in [1.82, 2.24) is 10.2 Å². The van der Waals surface area contributed by atoms with E-state index in [1.165, 1.54) is 0 Å². The number of rotatable bonds is 6. The molecule has 2 fully saturated rings. The maximum absolute atomic E-state index is 12.6. The van der Waals surface area contributed by atoms with E-state index >= 15 is 0 Å². The van der Waals surface area contributed by atoms with Crippen LogP contribution in [0.5, 0.6) is 0 Å². The molecule has 1 N–H and O–H groups in total. The molecule has 4 rings (SSSR count). The average Bonchev–Trinajstić information content (AvgIpc) is 3.27. The van der Waals surface area contributed by atoms with E-state index < -0.39 is 12.0 Å². The second-order valence-electron chi connectivity index (χ2n) is 7.28. The van der Waals surface area contributed by atoms with E-state index in [0.29, 0.717) is 25.8 Å². The molecule has 1 aromatic carbocycles. The predicted octanol–water partition coefficient (Wildman–Crippen LogP) is -1.85. The first-order valence-corrected chi connectivity index (χ1v) is 9.29. The van der Waals surface area contributed by atoms with Crippen LogP contribution in [0.2, 0.25) is 0 Å². The van der Waals surface area contributed by atoms with Crippen molar-refractivity contribution in [2.24, 2.45) is 0 Å². The molecule has 1 aromatic heterocycles. The average molecular weight is 378 g/mol. The van der Waals surface area contributed by atoms with Gasteiger partial charge in [0.05, 0.1) is 18.1 Å². The SMILES string of the molecule is Cc1oc2ccccc2c1CCNC(=O)C1CCC(C(=O)[O-])N1C1CC1.[Na+]. The quantitative estimate of drug-likeness (QED) is 0.597. The van der Waals surface area contributed by atoms with Gasteiger partial charge in [-0.3, -0.25) is 9.69 Å². The summed E-state index contributed by atoms with van der Waals surface area (Å²) in [4.78, 5) is 25.9. The van der Waals surface area contributed by atoms with Crippen molar-refractivity contribution in [2.75, 3.05) is 6.54 Å². The molecule has 138 valence electrons. The van der Waals surface area contributed by atoms with Gasteiger partial charge in [-0.05, 0) is 45.1 Å². The molecule has 1 aliphatic heterocycles. The Hall–Kier alpha value is -1.34. The largest absolute Gasteiger partial charge is 1.00 e.